The lowest BCUT2D eigenvalue weighted by Crippen LogP contribution is -2.62. The Bertz CT molecular complexity index is 551. The summed E-state index contributed by atoms with van der Waals surface area (Å²) < 4.78 is 5.76. The lowest BCUT2D eigenvalue weighted by molar-refractivity contribution is -0.207. The van der Waals surface area contributed by atoms with E-state index < -0.39 is 0 Å². The van der Waals surface area contributed by atoms with E-state index in [1.807, 2.05) is 30.9 Å². The van der Waals surface area contributed by atoms with Gasteiger partial charge in [0, 0.05) is 37.2 Å². The van der Waals surface area contributed by atoms with Gasteiger partial charge in [-0.2, -0.15) is 0 Å². The number of aryl methyl sites for hydroxylation is 1. The van der Waals surface area contributed by atoms with E-state index in [1.165, 1.54) is 0 Å². The van der Waals surface area contributed by atoms with Gasteiger partial charge in [0.15, 0.2) is 0 Å². The quantitative estimate of drug-likeness (QED) is 0.924. The van der Waals surface area contributed by atoms with Crippen LogP contribution >= 0.6 is 0 Å². The van der Waals surface area contributed by atoms with Gasteiger partial charge < -0.3 is 14.7 Å². The smallest absolute Gasteiger partial charge is 0.272 e. The third-order valence-corrected chi connectivity index (χ3v) is 5.20. The zero-order valence-corrected chi connectivity index (χ0v) is 13.3. The summed E-state index contributed by atoms with van der Waals surface area (Å²) in [6.45, 7) is 5.87. The number of piperidine rings is 1. The average molecular weight is 304 g/mol. The number of rotatable bonds is 3. The second-order valence-corrected chi connectivity index (χ2v) is 6.39. The van der Waals surface area contributed by atoms with Crippen molar-refractivity contribution < 1.29 is 14.6 Å². The maximum Gasteiger partial charge on any atom is 0.272 e. The lowest BCUT2D eigenvalue weighted by atomic mass is 9.58. The SMILES string of the molecule is CCO[C@H]1C[C@H](O)C12CCN(C(=O)c1cccc(C)n1)CC2. The van der Waals surface area contributed by atoms with E-state index in [-0.39, 0.29) is 23.5 Å². The van der Waals surface area contributed by atoms with Crippen molar-refractivity contribution in [3.05, 3.63) is 29.6 Å². The van der Waals surface area contributed by atoms with Crippen LogP contribution in [-0.4, -0.2) is 52.8 Å². The van der Waals surface area contributed by atoms with Crippen LogP contribution in [0.15, 0.2) is 18.2 Å². The fraction of sp³-hybridized carbons (Fsp3) is 0.647. The first-order valence-corrected chi connectivity index (χ1v) is 8.09. The summed E-state index contributed by atoms with van der Waals surface area (Å²) in [5.74, 6) is -0.0136. The van der Waals surface area contributed by atoms with Gasteiger partial charge in [0.25, 0.3) is 5.91 Å². The molecule has 5 heteroatoms. The van der Waals surface area contributed by atoms with E-state index in [0.29, 0.717) is 25.4 Å². The molecule has 0 aromatic carbocycles. The molecule has 1 aliphatic heterocycles. The molecular formula is C17H24N2O3. The summed E-state index contributed by atoms with van der Waals surface area (Å²) >= 11 is 0. The predicted octanol–water partition coefficient (Wildman–Crippen LogP) is 1.78. The van der Waals surface area contributed by atoms with E-state index in [4.69, 9.17) is 4.74 Å². The number of amides is 1. The molecule has 0 unspecified atom stereocenters. The van der Waals surface area contributed by atoms with Crippen molar-refractivity contribution in [3.8, 4) is 0 Å². The molecule has 1 aliphatic carbocycles. The van der Waals surface area contributed by atoms with Crippen molar-refractivity contribution in [2.75, 3.05) is 19.7 Å². The number of ether oxygens (including phenoxy) is 1. The second kappa shape index (κ2) is 5.97. The highest BCUT2D eigenvalue weighted by Gasteiger charge is 2.56. The number of carbonyl (C=O) groups excluding carboxylic acids is 1. The van der Waals surface area contributed by atoms with E-state index in [9.17, 15) is 9.90 Å². The molecule has 0 radical (unpaired) electrons. The van der Waals surface area contributed by atoms with Crippen LogP contribution in [0.4, 0.5) is 0 Å². The largest absolute Gasteiger partial charge is 0.392 e. The Labute approximate surface area is 131 Å². The molecule has 1 N–H and O–H groups in total. The molecule has 1 aromatic rings. The molecule has 2 fully saturated rings. The van der Waals surface area contributed by atoms with Gasteiger partial charge in [0.2, 0.25) is 0 Å². The van der Waals surface area contributed by atoms with Gasteiger partial charge in [-0.25, -0.2) is 4.98 Å². The van der Waals surface area contributed by atoms with Crippen molar-refractivity contribution in [2.45, 2.75) is 45.3 Å². The number of aromatic nitrogens is 1. The Morgan fingerprint density at radius 3 is 2.77 bits per heavy atom. The fourth-order valence-electron chi connectivity index (χ4n) is 3.77. The normalized spacial score (nSPS) is 26.8. The van der Waals surface area contributed by atoms with Gasteiger partial charge in [-0.1, -0.05) is 6.07 Å². The first kappa shape index (κ1) is 15.4. The number of aliphatic hydroxyl groups excluding tert-OH is 1. The minimum atomic E-state index is -0.293. The molecule has 1 saturated carbocycles. The van der Waals surface area contributed by atoms with E-state index >= 15 is 0 Å². The van der Waals surface area contributed by atoms with Gasteiger partial charge in [0.05, 0.1) is 12.2 Å². The Hall–Kier alpha value is -1.46. The van der Waals surface area contributed by atoms with Crippen LogP contribution in [0.3, 0.4) is 0 Å². The van der Waals surface area contributed by atoms with Crippen LogP contribution in [0, 0.1) is 12.3 Å². The minimum Gasteiger partial charge on any atom is -0.392 e. The number of hydrogen-bond acceptors (Lipinski definition) is 4. The number of nitrogens with zero attached hydrogens (tertiary/aromatic N) is 2. The minimum absolute atomic E-state index is 0.0136. The first-order valence-electron chi connectivity index (χ1n) is 8.09. The molecule has 1 saturated heterocycles. The van der Waals surface area contributed by atoms with Crippen LogP contribution in [0.1, 0.15) is 42.4 Å². The van der Waals surface area contributed by atoms with Crippen LogP contribution < -0.4 is 0 Å². The molecular weight excluding hydrogens is 280 g/mol. The van der Waals surface area contributed by atoms with Crippen molar-refractivity contribution >= 4 is 5.91 Å². The predicted molar refractivity (Wildman–Crippen MR) is 82.6 cm³/mol. The van der Waals surface area contributed by atoms with Crippen LogP contribution in [-0.2, 0) is 4.74 Å². The van der Waals surface area contributed by atoms with E-state index in [1.54, 1.807) is 6.07 Å². The van der Waals surface area contributed by atoms with Crippen molar-refractivity contribution in [1.29, 1.82) is 0 Å². The number of hydrogen-bond donors (Lipinski definition) is 1. The first-order chi connectivity index (χ1) is 10.6. The lowest BCUT2D eigenvalue weighted by Gasteiger charge is -2.56. The third kappa shape index (κ3) is 2.52. The van der Waals surface area contributed by atoms with Gasteiger partial charge >= 0.3 is 0 Å². The van der Waals surface area contributed by atoms with Crippen LogP contribution in [0.5, 0.6) is 0 Å². The molecule has 2 aliphatic rings. The summed E-state index contributed by atoms with van der Waals surface area (Å²) in [6.07, 6.45) is 2.17. The van der Waals surface area contributed by atoms with Gasteiger partial charge in [-0.15, -0.1) is 0 Å². The van der Waals surface area contributed by atoms with Crippen molar-refractivity contribution in [1.82, 2.24) is 9.88 Å². The number of pyridine rings is 1. The standard InChI is InChI=1S/C17H24N2O3/c1-3-22-15-11-14(20)17(15)7-9-19(10-8-17)16(21)13-6-4-5-12(2)18-13/h4-6,14-15,20H,3,7-11H2,1-2H3/t14-,15-/m0/s1. The molecule has 120 valence electrons. The fourth-order valence-corrected chi connectivity index (χ4v) is 3.77. The molecule has 2 atom stereocenters. The zero-order valence-electron chi connectivity index (χ0n) is 13.3. The topological polar surface area (TPSA) is 62.7 Å². The maximum atomic E-state index is 12.5. The average Bonchev–Trinajstić information content (AvgIpc) is 2.54. The van der Waals surface area contributed by atoms with Crippen LogP contribution in [0.2, 0.25) is 0 Å². The van der Waals surface area contributed by atoms with E-state index in [0.717, 1.165) is 25.0 Å². The highest BCUT2D eigenvalue weighted by Crippen LogP contribution is 2.51. The molecule has 1 aromatic heterocycles. The maximum absolute atomic E-state index is 12.5. The van der Waals surface area contributed by atoms with Crippen molar-refractivity contribution in [2.24, 2.45) is 5.41 Å². The number of carbonyl (C=O) groups is 1. The summed E-state index contributed by atoms with van der Waals surface area (Å²) in [4.78, 5) is 18.7. The monoisotopic (exact) mass is 304 g/mol. The highest BCUT2D eigenvalue weighted by molar-refractivity contribution is 5.92. The molecule has 22 heavy (non-hydrogen) atoms. The Morgan fingerprint density at radius 2 is 2.18 bits per heavy atom. The van der Waals surface area contributed by atoms with Gasteiger partial charge in [-0.05, 0) is 38.8 Å². The molecule has 1 amide bonds. The Balaban J connectivity index is 1.65. The Morgan fingerprint density at radius 1 is 1.45 bits per heavy atom. The summed E-state index contributed by atoms with van der Waals surface area (Å²) in [7, 11) is 0. The molecule has 0 bridgehead atoms. The zero-order chi connectivity index (χ0) is 15.7. The van der Waals surface area contributed by atoms with Gasteiger partial charge in [0.1, 0.15) is 5.69 Å². The third-order valence-electron chi connectivity index (χ3n) is 5.20. The second-order valence-electron chi connectivity index (χ2n) is 6.39. The highest BCUT2D eigenvalue weighted by atomic mass is 16.5. The van der Waals surface area contributed by atoms with E-state index in [2.05, 4.69) is 4.98 Å². The molecule has 2 heterocycles. The summed E-state index contributed by atoms with van der Waals surface area (Å²) in [6, 6.07) is 5.52. The molecule has 1 spiro atoms. The van der Waals surface area contributed by atoms with Crippen molar-refractivity contribution in [3.63, 3.8) is 0 Å². The van der Waals surface area contributed by atoms with Crippen LogP contribution in [0.25, 0.3) is 0 Å². The number of aliphatic hydroxyl groups is 1. The summed E-state index contributed by atoms with van der Waals surface area (Å²) in [5, 5.41) is 10.2. The number of likely N-dealkylation sites (tertiary alicyclic amines) is 1. The molecule has 5 nitrogen and oxygen atoms in total. The summed E-state index contributed by atoms with van der Waals surface area (Å²) in [5.41, 5.74) is 1.21. The Kier molecular flexibility index (Phi) is 4.19. The van der Waals surface area contributed by atoms with Gasteiger partial charge in [-0.3, -0.25) is 4.79 Å². The molecule has 3 rings (SSSR count).